The number of hydrogen-bond acceptors (Lipinski definition) is 3. The number of hydrogen-bond donors (Lipinski definition) is 1. The molecule has 0 amide bonds. The molecule has 0 aliphatic heterocycles. The molecule has 0 radical (unpaired) electrons. The van der Waals surface area contributed by atoms with Crippen molar-refractivity contribution in [2.75, 3.05) is 0 Å². The van der Waals surface area contributed by atoms with Crippen LogP contribution >= 0.6 is 55.1 Å². The molecule has 0 saturated carbocycles. The molecule has 0 aromatic carbocycles. The van der Waals surface area contributed by atoms with Crippen molar-refractivity contribution in [1.29, 1.82) is 0 Å². The maximum atomic E-state index is 10.4. The second-order valence-electron chi connectivity index (χ2n) is 3.59. The van der Waals surface area contributed by atoms with Gasteiger partial charge in [-0.2, -0.15) is 0 Å². The lowest BCUT2D eigenvalue weighted by molar-refractivity contribution is 0.0696. The van der Waals surface area contributed by atoms with Crippen molar-refractivity contribution in [3.05, 3.63) is 54.9 Å². The lowest BCUT2D eigenvalue weighted by Gasteiger charge is -1.95. The van der Waals surface area contributed by atoms with Crippen LogP contribution in [0.2, 0.25) is 10.3 Å². The minimum absolute atomic E-state index is 0.112. The van der Waals surface area contributed by atoms with E-state index in [-0.39, 0.29) is 10.7 Å². The molecule has 0 unspecified atom stereocenters. The summed E-state index contributed by atoms with van der Waals surface area (Å²) in [6.07, 6.45) is 2.93. The van der Waals surface area contributed by atoms with E-state index in [4.69, 9.17) is 28.3 Å². The van der Waals surface area contributed by atoms with Gasteiger partial charge in [-0.05, 0) is 56.5 Å². The van der Waals surface area contributed by atoms with Crippen molar-refractivity contribution in [3.8, 4) is 0 Å². The Labute approximate surface area is 142 Å². The van der Waals surface area contributed by atoms with E-state index in [1.54, 1.807) is 6.20 Å². The second kappa shape index (κ2) is 7.93. The Morgan fingerprint density at radius 1 is 1.10 bits per heavy atom. The van der Waals surface area contributed by atoms with E-state index < -0.39 is 5.97 Å². The van der Waals surface area contributed by atoms with E-state index in [2.05, 4.69) is 41.8 Å². The topological polar surface area (TPSA) is 63.1 Å². The summed E-state index contributed by atoms with van der Waals surface area (Å²) in [5.74, 6) is -1.02. The molecule has 20 heavy (non-hydrogen) atoms. The van der Waals surface area contributed by atoms with Crippen LogP contribution in [0.5, 0.6) is 0 Å². The van der Waals surface area contributed by atoms with Gasteiger partial charge in [-0.15, -0.1) is 0 Å². The average molecular weight is 443 g/mol. The molecular formula is C12H8Br2Cl2N2O2. The average Bonchev–Trinajstić information content (AvgIpc) is 2.38. The predicted molar refractivity (Wildman–Crippen MR) is 85.6 cm³/mol. The normalized spacial score (nSPS) is 9.65. The molecule has 0 aliphatic carbocycles. The molecule has 0 bridgehead atoms. The van der Waals surface area contributed by atoms with Crippen LogP contribution in [0.3, 0.4) is 0 Å². The summed E-state index contributed by atoms with van der Waals surface area (Å²) in [6, 6.07) is 3.33. The van der Waals surface area contributed by atoms with Gasteiger partial charge in [0.2, 0.25) is 0 Å². The first-order valence-electron chi connectivity index (χ1n) is 5.13. The molecule has 2 aromatic heterocycles. The van der Waals surface area contributed by atoms with Gasteiger partial charge >= 0.3 is 5.97 Å². The van der Waals surface area contributed by atoms with Crippen LogP contribution in [0.1, 0.15) is 15.9 Å². The molecule has 0 fully saturated rings. The third-order valence-electron chi connectivity index (χ3n) is 1.98. The van der Waals surface area contributed by atoms with E-state index in [9.17, 15) is 4.79 Å². The first-order valence-corrected chi connectivity index (χ1v) is 7.47. The number of nitrogens with zero attached hydrogens (tertiary/aromatic N) is 2. The van der Waals surface area contributed by atoms with Gasteiger partial charge in [0, 0.05) is 12.4 Å². The Balaban J connectivity index is 0.000000204. The SMILES string of the molecule is Cc1cnc(Cl)c(Br)c1.O=C(O)c1cnc(Cl)c(Br)c1. The van der Waals surface area contributed by atoms with Crippen molar-refractivity contribution < 1.29 is 9.90 Å². The van der Waals surface area contributed by atoms with E-state index >= 15 is 0 Å². The number of halogens is 4. The third-order valence-corrected chi connectivity index (χ3v) is 4.24. The number of aromatic nitrogens is 2. The van der Waals surface area contributed by atoms with E-state index in [1.807, 2.05) is 13.0 Å². The van der Waals surface area contributed by atoms with E-state index in [1.165, 1.54) is 12.3 Å². The predicted octanol–water partition coefficient (Wildman–Crippen LogP) is 5.00. The fourth-order valence-electron chi connectivity index (χ4n) is 1.06. The second-order valence-corrected chi connectivity index (χ2v) is 6.01. The van der Waals surface area contributed by atoms with Gasteiger partial charge in [0.05, 0.1) is 14.5 Å². The van der Waals surface area contributed by atoms with Crippen LogP contribution in [0.4, 0.5) is 0 Å². The van der Waals surface area contributed by atoms with Crippen LogP contribution in [-0.4, -0.2) is 21.0 Å². The minimum atomic E-state index is -1.02. The maximum absolute atomic E-state index is 10.4. The highest BCUT2D eigenvalue weighted by atomic mass is 79.9. The number of pyridine rings is 2. The number of carboxylic acids is 1. The summed E-state index contributed by atoms with van der Waals surface area (Å²) in [6.45, 7) is 1.97. The summed E-state index contributed by atoms with van der Waals surface area (Å²) in [5, 5.41) is 9.27. The Morgan fingerprint density at radius 2 is 1.60 bits per heavy atom. The largest absolute Gasteiger partial charge is 0.478 e. The molecule has 2 rings (SSSR count). The minimum Gasteiger partial charge on any atom is -0.478 e. The van der Waals surface area contributed by atoms with Crippen molar-refractivity contribution in [3.63, 3.8) is 0 Å². The Bertz CT molecular complexity index is 639. The van der Waals surface area contributed by atoms with Crippen LogP contribution in [0, 0.1) is 6.92 Å². The van der Waals surface area contributed by atoms with Gasteiger partial charge in [-0.25, -0.2) is 14.8 Å². The zero-order valence-corrected chi connectivity index (χ0v) is 14.8. The Morgan fingerprint density at radius 3 is 2.00 bits per heavy atom. The molecule has 1 N–H and O–H groups in total. The number of aromatic carboxylic acids is 1. The molecule has 0 atom stereocenters. The molecule has 8 heteroatoms. The van der Waals surface area contributed by atoms with Crippen LogP contribution in [0.25, 0.3) is 0 Å². The van der Waals surface area contributed by atoms with Gasteiger partial charge < -0.3 is 5.11 Å². The molecule has 2 heterocycles. The van der Waals surface area contributed by atoms with Crippen LogP contribution in [-0.2, 0) is 0 Å². The molecule has 106 valence electrons. The van der Waals surface area contributed by atoms with Gasteiger partial charge in [0.1, 0.15) is 10.3 Å². The van der Waals surface area contributed by atoms with Crippen molar-refractivity contribution in [2.24, 2.45) is 0 Å². The monoisotopic (exact) mass is 440 g/mol. The van der Waals surface area contributed by atoms with Crippen molar-refractivity contribution in [1.82, 2.24) is 9.97 Å². The Hall–Kier alpha value is -0.690. The quantitative estimate of drug-likeness (QED) is 0.631. The van der Waals surface area contributed by atoms with Gasteiger partial charge in [-0.3, -0.25) is 0 Å². The fourth-order valence-corrected chi connectivity index (χ4v) is 2.07. The van der Waals surface area contributed by atoms with Gasteiger partial charge in [-0.1, -0.05) is 23.2 Å². The highest BCUT2D eigenvalue weighted by molar-refractivity contribution is 9.10. The smallest absolute Gasteiger partial charge is 0.337 e. The number of rotatable bonds is 1. The summed E-state index contributed by atoms with van der Waals surface area (Å²) < 4.78 is 1.34. The van der Waals surface area contributed by atoms with Gasteiger partial charge in [0.15, 0.2) is 0 Å². The lowest BCUT2D eigenvalue weighted by atomic mass is 10.3. The van der Waals surface area contributed by atoms with Crippen molar-refractivity contribution >= 4 is 61.0 Å². The number of carboxylic acid groups (broad SMARTS) is 1. The molecule has 0 aliphatic rings. The first-order chi connectivity index (χ1) is 9.31. The fraction of sp³-hybridized carbons (Fsp3) is 0.0833. The summed E-state index contributed by atoms with van der Waals surface area (Å²) >= 11 is 17.5. The molecular weight excluding hydrogens is 435 g/mol. The lowest BCUT2D eigenvalue weighted by Crippen LogP contribution is -1.96. The zero-order chi connectivity index (χ0) is 15.3. The number of carbonyl (C=O) groups is 1. The summed E-state index contributed by atoms with van der Waals surface area (Å²) in [4.78, 5) is 17.9. The van der Waals surface area contributed by atoms with Crippen LogP contribution in [0.15, 0.2) is 33.5 Å². The molecule has 2 aromatic rings. The van der Waals surface area contributed by atoms with Crippen LogP contribution < -0.4 is 0 Å². The molecule has 4 nitrogen and oxygen atoms in total. The Kier molecular flexibility index (Phi) is 6.88. The van der Waals surface area contributed by atoms with Crippen molar-refractivity contribution in [2.45, 2.75) is 6.92 Å². The summed E-state index contributed by atoms with van der Waals surface area (Å²) in [5.41, 5.74) is 1.22. The maximum Gasteiger partial charge on any atom is 0.337 e. The summed E-state index contributed by atoms with van der Waals surface area (Å²) in [7, 11) is 0. The van der Waals surface area contributed by atoms with Gasteiger partial charge in [0.25, 0.3) is 0 Å². The molecule has 0 spiro atoms. The molecule has 0 saturated heterocycles. The standard InChI is InChI=1S/C6H3BrClNO2.C6H5BrClN/c7-4-1-3(6(10)11)2-9-5(4)8;1-4-2-5(7)6(8)9-3-4/h1-2H,(H,10,11);2-3H,1H3. The third kappa shape index (κ3) is 5.36. The number of aryl methyl sites for hydroxylation is 1. The van der Waals surface area contributed by atoms with E-state index in [0.29, 0.717) is 9.63 Å². The highest BCUT2D eigenvalue weighted by Gasteiger charge is 2.05. The first kappa shape index (κ1) is 17.4. The van der Waals surface area contributed by atoms with E-state index in [0.717, 1.165) is 10.0 Å². The highest BCUT2D eigenvalue weighted by Crippen LogP contribution is 2.20. The zero-order valence-electron chi connectivity index (χ0n) is 10.1.